The average Bonchev–Trinajstić information content (AvgIpc) is 3.33. The molecule has 42 heavy (non-hydrogen) atoms. The van der Waals surface area contributed by atoms with Gasteiger partial charge in [-0.2, -0.15) is 5.10 Å². The molecule has 0 bridgehead atoms. The fourth-order valence-electron chi connectivity index (χ4n) is 4.21. The highest BCUT2D eigenvalue weighted by Gasteiger charge is 2.22. The maximum absolute atomic E-state index is 13.5. The van der Waals surface area contributed by atoms with Gasteiger partial charge >= 0.3 is 5.97 Å². The SMILES string of the molecule is COc1ccc2[nH]c(C(=O)NN=Cc3cc(Br)cc(Br)c3OC(=O)c3ccc(Cl)cc3Cl)c(-c3ccccc3Cl)c2c1. The maximum Gasteiger partial charge on any atom is 0.345 e. The predicted molar refractivity (Wildman–Crippen MR) is 174 cm³/mol. The number of hydrogen-bond donors (Lipinski definition) is 2. The Morgan fingerprint density at radius 2 is 1.74 bits per heavy atom. The van der Waals surface area contributed by atoms with Crippen molar-refractivity contribution in [2.75, 3.05) is 7.11 Å². The molecule has 1 heterocycles. The standard InChI is InChI=1S/C30H18Br2Cl3N3O4/c1-41-18-7-9-25-21(13-18)26(19-4-2-3-5-23(19)34)27(37-25)29(39)38-36-14-15-10-16(31)11-22(32)28(15)42-30(40)20-8-6-17(33)12-24(20)35/h2-14,37H,1H3,(H,38,39). The summed E-state index contributed by atoms with van der Waals surface area (Å²) < 4.78 is 12.2. The molecule has 0 saturated carbocycles. The van der Waals surface area contributed by atoms with E-state index in [1.807, 2.05) is 30.3 Å². The lowest BCUT2D eigenvalue weighted by atomic mass is 10.0. The van der Waals surface area contributed by atoms with Crippen LogP contribution < -0.4 is 14.9 Å². The van der Waals surface area contributed by atoms with E-state index in [2.05, 4.69) is 47.4 Å². The molecule has 2 N–H and O–H groups in total. The lowest BCUT2D eigenvalue weighted by Crippen LogP contribution is -2.19. The molecule has 5 rings (SSSR count). The molecule has 4 aromatic carbocycles. The minimum absolute atomic E-state index is 0.134. The third-order valence-electron chi connectivity index (χ3n) is 6.13. The molecular weight excluding hydrogens is 733 g/mol. The van der Waals surface area contributed by atoms with Crippen molar-refractivity contribution in [1.82, 2.24) is 10.4 Å². The quantitative estimate of drug-likeness (QED) is 0.0751. The molecule has 0 fully saturated rings. The largest absolute Gasteiger partial charge is 0.497 e. The molecule has 212 valence electrons. The monoisotopic (exact) mass is 747 g/mol. The number of halogens is 5. The van der Waals surface area contributed by atoms with E-state index in [0.717, 1.165) is 5.39 Å². The van der Waals surface area contributed by atoms with E-state index in [9.17, 15) is 9.59 Å². The number of fused-ring (bicyclic) bond motifs is 1. The fraction of sp³-hybridized carbons (Fsp3) is 0.0333. The first kappa shape index (κ1) is 30.1. The summed E-state index contributed by atoms with van der Waals surface area (Å²) in [5.41, 5.74) is 5.31. The summed E-state index contributed by atoms with van der Waals surface area (Å²) in [5.74, 6) is -0.420. The molecule has 0 atom stereocenters. The second kappa shape index (κ2) is 12.9. The number of nitrogens with zero attached hydrogens (tertiary/aromatic N) is 1. The molecule has 7 nitrogen and oxygen atoms in total. The summed E-state index contributed by atoms with van der Waals surface area (Å²) >= 11 is 25.5. The van der Waals surface area contributed by atoms with Gasteiger partial charge in [-0.05, 0) is 70.5 Å². The van der Waals surface area contributed by atoms with E-state index in [1.165, 1.54) is 24.4 Å². The number of ether oxygens (including phenoxy) is 2. The van der Waals surface area contributed by atoms with Gasteiger partial charge in [0.1, 0.15) is 11.4 Å². The van der Waals surface area contributed by atoms with Crippen molar-refractivity contribution in [2.45, 2.75) is 0 Å². The van der Waals surface area contributed by atoms with E-state index in [0.29, 0.717) is 46.9 Å². The van der Waals surface area contributed by atoms with Crippen molar-refractivity contribution >= 4 is 95.7 Å². The number of carbonyl (C=O) groups excluding carboxylic acids is 2. The normalized spacial score (nSPS) is 11.2. The van der Waals surface area contributed by atoms with Crippen molar-refractivity contribution in [3.63, 3.8) is 0 Å². The van der Waals surface area contributed by atoms with Gasteiger partial charge in [0.2, 0.25) is 0 Å². The summed E-state index contributed by atoms with van der Waals surface area (Å²) in [7, 11) is 1.57. The maximum atomic E-state index is 13.5. The Hall–Kier alpha value is -3.34. The Balaban J connectivity index is 1.47. The molecule has 0 aliphatic rings. The van der Waals surface area contributed by atoms with Crippen LogP contribution in [0.1, 0.15) is 26.4 Å². The van der Waals surface area contributed by atoms with E-state index in [1.54, 1.807) is 31.4 Å². The summed E-state index contributed by atoms with van der Waals surface area (Å²) in [4.78, 5) is 29.5. The van der Waals surface area contributed by atoms with Crippen molar-refractivity contribution in [3.8, 4) is 22.6 Å². The van der Waals surface area contributed by atoms with Crippen LogP contribution >= 0.6 is 66.7 Å². The van der Waals surface area contributed by atoms with Gasteiger partial charge in [0, 0.05) is 42.1 Å². The van der Waals surface area contributed by atoms with Crippen LogP contribution in [0, 0.1) is 0 Å². The number of nitrogens with one attached hydrogen (secondary N) is 2. The zero-order valence-corrected chi connectivity index (χ0v) is 26.9. The van der Waals surface area contributed by atoms with Crippen LogP contribution in [-0.4, -0.2) is 30.2 Å². The molecule has 0 saturated heterocycles. The molecule has 1 amide bonds. The number of benzene rings is 4. The van der Waals surface area contributed by atoms with Gasteiger partial charge in [-0.15, -0.1) is 0 Å². The number of hydrazone groups is 1. The minimum Gasteiger partial charge on any atom is -0.497 e. The first-order valence-electron chi connectivity index (χ1n) is 12.1. The van der Waals surface area contributed by atoms with E-state index < -0.39 is 11.9 Å². The van der Waals surface area contributed by atoms with E-state index in [4.69, 9.17) is 44.3 Å². The molecule has 0 aliphatic heterocycles. The number of H-pyrrole nitrogens is 1. The Bertz CT molecular complexity index is 1890. The zero-order valence-electron chi connectivity index (χ0n) is 21.5. The highest BCUT2D eigenvalue weighted by Crippen LogP contribution is 2.38. The van der Waals surface area contributed by atoms with Gasteiger partial charge < -0.3 is 14.5 Å². The first-order chi connectivity index (χ1) is 20.2. The van der Waals surface area contributed by atoms with Crippen LogP contribution in [0.3, 0.4) is 0 Å². The first-order valence-corrected chi connectivity index (χ1v) is 14.8. The summed E-state index contributed by atoms with van der Waals surface area (Å²) in [6.07, 6.45) is 1.36. The highest BCUT2D eigenvalue weighted by molar-refractivity contribution is 9.11. The number of carbonyl (C=O) groups is 2. The molecule has 12 heteroatoms. The number of hydrogen-bond acceptors (Lipinski definition) is 5. The molecule has 0 unspecified atom stereocenters. The minimum atomic E-state index is -0.698. The van der Waals surface area contributed by atoms with Gasteiger partial charge in [0.05, 0.1) is 28.4 Å². The molecule has 0 spiro atoms. The number of aromatic nitrogens is 1. The van der Waals surface area contributed by atoms with Gasteiger partial charge in [0.15, 0.2) is 5.75 Å². The number of rotatable bonds is 7. The molecule has 0 radical (unpaired) electrons. The van der Waals surface area contributed by atoms with E-state index >= 15 is 0 Å². The Morgan fingerprint density at radius 1 is 0.952 bits per heavy atom. The summed E-state index contributed by atoms with van der Waals surface area (Å²) in [5, 5.41) is 5.91. The topological polar surface area (TPSA) is 92.8 Å². The smallest absolute Gasteiger partial charge is 0.345 e. The van der Waals surface area contributed by atoms with Crippen molar-refractivity contribution in [2.24, 2.45) is 5.10 Å². The van der Waals surface area contributed by atoms with Crippen LogP contribution in [0.2, 0.25) is 15.1 Å². The lowest BCUT2D eigenvalue weighted by molar-refractivity contribution is 0.0733. The third kappa shape index (κ3) is 6.35. The van der Waals surface area contributed by atoms with Crippen molar-refractivity contribution in [1.29, 1.82) is 0 Å². The number of methoxy groups -OCH3 is 1. The summed E-state index contributed by atoms with van der Waals surface area (Å²) in [6, 6.07) is 20.5. The fourth-order valence-corrected chi connectivity index (χ4v) is 6.27. The number of amides is 1. The van der Waals surface area contributed by atoms with Gasteiger partial charge in [-0.25, -0.2) is 10.2 Å². The second-order valence-electron chi connectivity index (χ2n) is 8.79. The predicted octanol–water partition coefficient (Wildman–Crippen LogP) is 9.31. The van der Waals surface area contributed by atoms with Crippen LogP contribution in [0.25, 0.3) is 22.0 Å². The number of aromatic amines is 1. The Morgan fingerprint density at radius 3 is 2.48 bits per heavy atom. The van der Waals surface area contributed by atoms with E-state index in [-0.39, 0.29) is 22.0 Å². The molecule has 1 aromatic heterocycles. The lowest BCUT2D eigenvalue weighted by Gasteiger charge is -2.11. The van der Waals surface area contributed by atoms with Gasteiger partial charge in [-0.1, -0.05) is 68.9 Å². The zero-order chi connectivity index (χ0) is 30.0. The van der Waals surface area contributed by atoms with Crippen molar-refractivity contribution < 1.29 is 19.1 Å². The highest BCUT2D eigenvalue weighted by atomic mass is 79.9. The van der Waals surface area contributed by atoms with Crippen LogP contribution in [0.4, 0.5) is 0 Å². The van der Waals surface area contributed by atoms with Gasteiger partial charge in [-0.3, -0.25) is 4.79 Å². The van der Waals surface area contributed by atoms with Crippen LogP contribution in [-0.2, 0) is 0 Å². The van der Waals surface area contributed by atoms with Crippen LogP contribution in [0.15, 0.2) is 86.8 Å². The Kier molecular flexibility index (Phi) is 9.25. The molecule has 5 aromatic rings. The number of esters is 1. The second-order valence-corrected chi connectivity index (χ2v) is 11.8. The molecular formula is C30H18Br2Cl3N3O4. The average molecular weight is 751 g/mol. The molecule has 0 aliphatic carbocycles. The Labute approximate surface area is 272 Å². The van der Waals surface area contributed by atoms with Crippen LogP contribution in [0.5, 0.6) is 11.5 Å². The third-order valence-corrected chi connectivity index (χ3v) is 8.05. The van der Waals surface area contributed by atoms with Gasteiger partial charge in [0.25, 0.3) is 5.91 Å². The van der Waals surface area contributed by atoms with Crippen molar-refractivity contribution in [3.05, 3.63) is 114 Å². The summed E-state index contributed by atoms with van der Waals surface area (Å²) in [6.45, 7) is 0.